The zero-order chi connectivity index (χ0) is 13.0. The van der Waals surface area contributed by atoms with Gasteiger partial charge < -0.3 is 11.5 Å². The van der Waals surface area contributed by atoms with Gasteiger partial charge in [0.25, 0.3) is 0 Å². The molecule has 3 nitrogen and oxygen atoms in total. The van der Waals surface area contributed by atoms with Gasteiger partial charge in [-0.25, -0.2) is 0 Å². The number of benzene rings is 2. The van der Waals surface area contributed by atoms with Gasteiger partial charge in [-0.2, -0.15) is 0 Å². The first kappa shape index (κ1) is 11.9. The summed E-state index contributed by atoms with van der Waals surface area (Å²) >= 11 is 0. The molecule has 0 aliphatic rings. The van der Waals surface area contributed by atoms with Gasteiger partial charge in [0.05, 0.1) is 5.70 Å². The lowest BCUT2D eigenvalue weighted by molar-refractivity contribution is 0.103. The van der Waals surface area contributed by atoms with E-state index in [1.807, 2.05) is 30.3 Å². The number of carbonyl (C=O) groups excluding carboxylic acids is 1. The number of hydrogen-bond donors (Lipinski definition) is 2. The molecule has 2 rings (SSSR count). The minimum absolute atomic E-state index is 0.180. The third kappa shape index (κ3) is 2.58. The summed E-state index contributed by atoms with van der Waals surface area (Å²) in [5, 5.41) is 0. The Morgan fingerprint density at radius 3 is 2.22 bits per heavy atom. The lowest BCUT2D eigenvalue weighted by Crippen LogP contribution is -2.13. The highest BCUT2D eigenvalue weighted by Crippen LogP contribution is 2.15. The fraction of sp³-hybridized carbons (Fsp3) is 0. The van der Waals surface area contributed by atoms with E-state index in [-0.39, 0.29) is 11.5 Å². The Kier molecular flexibility index (Phi) is 3.44. The Hall–Kier alpha value is -2.55. The highest BCUT2D eigenvalue weighted by molar-refractivity contribution is 6.13. The predicted molar refractivity (Wildman–Crippen MR) is 73.8 cm³/mol. The first-order valence-corrected chi connectivity index (χ1v) is 5.60. The van der Waals surface area contributed by atoms with Gasteiger partial charge in [0.15, 0.2) is 0 Å². The Morgan fingerprint density at radius 1 is 0.944 bits per heavy atom. The SMILES string of the molecule is NC(=Cc1ccccc1)C(=O)c1ccccc1N. The number of allylic oxidation sites excluding steroid dienone is 1. The summed E-state index contributed by atoms with van der Waals surface area (Å²) in [6.07, 6.45) is 1.65. The van der Waals surface area contributed by atoms with E-state index in [2.05, 4.69) is 0 Å². The molecule has 0 fully saturated rings. The van der Waals surface area contributed by atoms with Crippen molar-refractivity contribution < 1.29 is 4.79 Å². The molecule has 0 saturated carbocycles. The van der Waals surface area contributed by atoms with E-state index in [9.17, 15) is 4.79 Å². The van der Waals surface area contributed by atoms with Crippen molar-refractivity contribution in [2.75, 3.05) is 5.73 Å². The third-order valence-electron chi connectivity index (χ3n) is 2.59. The molecule has 2 aromatic rings. The first-order chi connectivity index (χ1) is 8.68. The summed E-state index contributed by atoms with van der Waals surface area (Å²) in [6, 6.07) is 16.4. The number of rotatable bonds is 3. The Labute approximate surface area is 106 Å². The molecule has 18 heavy (non-hydrogen) atoms. The van der Waals surface area contributed by atoms with Crippen molar-refractivity contribution in [3.8, 4) is 0 Å². The molecule has 0 amide bonds. The predicted octanol–water partition coefficient (Wildman–Crippen LogP) is 2.45. The monoisotopic (exact) mass is 238 g/mol. The molecule has 0 aromatic heterocycles. The number of anilines is 1. The van der Waals surface area contributed by atoms with Crippen LogP contribution < -0.4 is 11.5 Å². The second-order valence-corrected chi connectivity index (χ2v) is 3.93. The highest BCUT2D eigenvalue weighted by atomic mass is 16.1. The number of nitrogens with two attached hydrogens (primary N) is 2. The molecule has 0 spiro atoms. The number of para-hydroxylation sites is 1. The average Bonchev–Trinajstić information content (AvgIpc) is 2.39. The van der Waals surface area contributed by atoms with E-state index in [0.29, 0.717) is 11.3 Å². The van der Waals surface area contributed by atoms with E-state index >= 15 is 0 Å². The molecule has 0 saturated heterocycles. The van der Waals surface area contributed by atoms with Gasteiger partial charge in [0, 0.05) is 11.3 Å². The quantitative estimate of drug-likeness (QED) is 0.490. The molecule has 2 aromatic carbocycles. The lowest BCUT2D eigenvalue weighted by Gasteiger charge is -2.04. The van der Waals surface area contributed by atoms with Gasteiger partial charge in [-0.1, -0.05) is 42.5 Å². The van der Waals surface area contributed by atoms with Crippen LogP contribution in [-0.4, -0.2) is 5.78 Å². The maximum absolute atomic E-state index is 12.1. The minimum Gasteiger partial charge on any atom is -0.398 e. The number of Topliss-reactive ketones (excluding diaryl/α,β-unsaturated/α-hetero) is 1. The molecule has 0 radical (unpaired) electrons. The average molecular weight is 238 g/mol. The fourth-order valence-electron chi connectivity index (χ4n) is 1.65. The van der Waals surface area contributed by atoms with Crippen molar-refractivity contribution in [1.29, 1.82) is 0 Å². The number of nitrogen functional groups attached to an aromatic ring is 1. The zero-order valence-corrected chi connectivity index (χ0v) is 9.84. The van der Waals surface area contributed by atoms with Crippen molar-refractivity contribution in [3.63, 3.8) is 0 Å². The molecule has 0 unspecified atom stereocenters. The first-order valence-electron chi connectivity index (χ1n) is 5.60. The number of carbonyl (C=O) groups is 1. The molecule has 0 aliphatic heterocycles. The molecular weight excluding hydrogens is 224 g/mol. The summed E-state index contributed by atoms with van der Waals surface area (Å²) in [5.74, 6) is -0.253. The van der Waals surface area contributed by atoms with Crippen LogP contribution in [0.15, 0.2) is 60.3 Å². The Morgan fingerprint density at radius 2 is 1.56 bits per heavy atom. The number of hydrogen-bond acceptors (Lipinski definition) is 3. The van der Waals surface area contributed by atoms with Crippen LogP contribution in [0.5, 0.6) is 0 Å². The maximum atomic E-state index is 12.1. The summed E-state index contributed by atoms with van der Waals surface area (Å²) in [4.78, 5) is 12.1. The van der Waals surface area contributed by atoms with Crippen LogP contribution in [0.1, 0.15) is 15.9 Å². The summed E-state index contributed by atoms with van der Waals surface area (Å²) in [7, 11) is 0. The molecule has 3 heteroatoms. The topological polar surface area (TPSA) is 69.1 Å². The fourth-order valence-corrected chi connectivity index (χ4v) is 1.65. The lowest BCUT2D eigenvalue weighted by atomic mass is 10.0. The normalized spacial score (nSPS) is 11.2. The molecule has 90 valence electrons. The van der Waals surface area contributed by atoms with Gasteiger partial charge in [0.2, 0.25) is 5.78 Å². The minimum atomic E-state index is -0.253. The third-order valence-corrected chi connectivity index (χ3v) is 2.59. The van der Waals surface area contributed by atoms with E-state index < -0.39 is 0 Å². The summed E-state index contributed by atoms with van der Waals surface area (Å²) in [6.45, 7) is 0. The highest BCUT2D eigenvalue weighted by Gasteiger charge is 2.11. The van der Waals surface area contributed by atoms with E-state index in [1.54, 1.807) is 30.3 Å². The van der Waals surface area contributed by atoms with Crippen LogP contribution in [0.2, 0.25) is 0 Å². The van der Waals surface area contributed by atoms with Gasteiger partial charge >= 0.3 is 0 Å². The van der Waals surface area contributed by atoms with Gasteiger partial charge in [-0.3, -0.25) is 4.79 Å². The smallest absolute Gasteiger partial charge is 0.210 e. The van der Waals surface area contributed by atoms with Crippen molar-refractivity contribution in [2.24, 2.45) is 5.73 Å². The second kappa shape index (κ2) is 5.19. The summed E-state index contributed by atoms with van der Waals surface area (Å²) < 4.78 is 0. The molecule has 0 bridgehead atoms. The van der Waals surface area contributed by atoms with Gasteiger partial charge in [-0.15, -0.1) is 0 Å². The summed E-state index contributed by atoms with van der Waals surface area (Å²) in [5.41, 5.74) is 13.5. The molecule has 4 N–H and O–H groups in total. The Balaban J connectivity index is 2.30. The van der Waals surface area contributed by atoms with Crippen LogP contribution >= 0.6 is 0 Å². The van der Waals surface area contributed by atoms with Crippen LogP contribution in [0.4, 0.5) is 5.69 Å². The molecular formula is C15H14N2O. The van der Waals surface area contributed by atoms with Gasteiger partial charge in [0.1, 0.15) is 0 Å². The largest absolute Gasteiger partial charge is 0.398 e. The molecule has 0 atom stereocenters. The van der Waals surface area contributed by atoms with Crippen molar-refractivity contribution in [1.82, 2.24) is 0 Å². The zero-order valence-electron chi connectivity index (χ0n) is 9.84. The van der Waals surface area contributed by atoms with Crippen molar-refractivity contribution >= 4 is 17.5 Å². The van der Waals surface area contributed by atoms with E-state index in [0.717, 1.165) is 5.56 Å². The van der Waals surface area contributed by atoms with Crippen molar-refractivity contribution in [3.05, 3.63) is 71.4 Å². The number of ketones is 1. The van der Waals surface area contributed by atoms with Crippen LogP contribution in [0.3, 0.4) is 0 Å². The van der Waals surface area contributed by atoms with E-state index in [1.165, 1.54) is 0 Å². The van der Waals surface area contributed by atoms with Crippen LogP contribution in [0, 0.1) is 0 Å². The molecule has 0 heterocycles. The van der Waals surface area contributed by atoms with Crippen LogP contribution in [-0.2, 0) is 0 Å². The Bertz CT molecular complexity index is 588. The standard InChI is InChI=1S/C15H14N2O/c16-13-9-5-4-8-12(13)15(18)14(17)10-11-6-2-1-3-7-11/h1-10H,16-17H2. The second-order valence-electron chi connectivity index (χ2n) is 3.93. The van der Waals surface area contributed by atoms with Crippen molar-refractivity contribution in [2.45, 2.75) is 0 Å². The van der Waals surface area contributed by atoms with E-state index in [4.69, 9.17) is 11.5 Å². The maximum Gasteiger partial charge on any atom is 0.210 e. The van der Waals surface area contributed by atoms with Gasteiger partial charge in [-0.05, 0) is 23.8 Å². The van der Waals surface area contributed by atoms with Crippen LogP contribution in [0.25, 0.3) is 6.08 Å². The molecule has 0 aliphatic carbocycles.